The van der Waals surface area contributed by atoms with Gasteiger partial charge >= 0.3 is 5.97 Å². The van der Waals surface area contributed by atoms with Gasteiger partial charge in [0.1, 0.15) is 35.8 Å². The second-order valence-corrected chi connectivity index (χ2v) is 10.3. The summed E-state index contributed by atoms with van der Waals surface area (Å²) in [5.74, 6) is 0.770. The minimum Gasteiger partial charge on any atom is -0.469 e. The van der Waals surface area contributed by atoms with E-state index in [0.717, 1.165) is 34.3 Å². The van der Waals surface area contributed by atoms with Crippen molar-refractivity contribution in [3.05, 3.63) is 78.6 Å². The minimum atomic E-state index is -0.548. The van der Waals surface area contributed by atoms with E-state index in [2.05, 4.69) is 41.2 Å². The molecule has 4 aromatic rings. The van der Waals surface area contributed by atoms with Gasteiger partial charge in [0.05, 0.1) is 6.10 Å². The summed E-state index contributed by atoms with van der Waals surface area (Å²) in [4.78, 5) is 21.0. The van der Waals surface area contributed by atoms with Gasteiger partial charge in [0.25, 0.3) is 0 Å². The summed E-state index contributed by atoms with van der Waals surface area (Å²) in [5.41, 5.74) is 4.01. The number of hydrogen-bond donors (Lipinski definition) is 0. The van der Waals surface area contributed by atoms with Crippen molar-refractivity contribution in [1.29, 1.82) is 0 Å². The van der Waals surface area contributed by atoms with E-state index in [4.69, 9.17) is 18.6 Å². The number of nitrogens with zero attached hydrogens (tertiary/aromatic N) is 2. The number of esters is 1. The Hall–Kier alpha value is -3.97. The van der Waals surface area contributed by atoms with Gasteiger partial charge in [-0.05, 0) is 44.4 Å². The maximum atomic E-state index is 12.0. The van der Waals surface area contributed by atoms with Crippen LogP contribution in [0, 0.1) is 0 Å². The molecule has 0 N–H and O–H groups in total. The predicted molar refractivity (Wildman–Crippen MR) is 146 cm³/mol. The van der Waals surface area contributed by atoms with Crippen LogP contribution in [-0.2, 0) is 20.7 Å². The predicted octanol–water partition coefficient (Wildman–Crippen LogP) is 6.55. The van der Waals surface area contributed by atoms with Gasteiger partial charge in [-0.1, -0.05) is 67.6 Å². The third-order valence-corrected chi connectivity index (χ3v) is 6.24. The Morgan fingerprint density at radius 3 is 2.42 bits per heavy atom. The monoisotopic (exact) mass is 512 g/mol. The Bertz CT molecular complexity index is 1440. The Balaban J connectivity index is 1.42. The first-order chi connectivity index (χ1) is 18.3. The van der Waals surface area contributed by atoms with Gasteiger partial charge in [-0.25, -0.2) is 14.8 Å². The van der Waals surface area contributed by atoms with Crippen LogP contribution in [0.1, 0.15) is 39.7 Å². The Labute approximate surface area is 222 Å². The lowest BCUT2D eigenvalue weighted by molar-refractivity contribution is -0.161. The Kier molecular flexibility index (Phi) is 7.29. The van der Waals surface area contributed by atoms with E-state index in [1.807, 2.05) is 63.3 Å². The van der Waals surface area contributed by atoms with E-state index in [1.54, 1.807) is 0 Å². The summed E-state index contributed by atoms with van der Waals surface area (Å²) in [7, 11) is 0. The van der Waals surface area contributed by atoms with Gasteiger partial charge in [-0.2, -0.15) is 0 Å². The lowest BCUT2D eigenvalue weighted by Gasteiger charge is -2.20. The molecule has 0 saturated heterocycles. The molecule has 2 heterocycles. The van der Waals surface area contributed by atoms with Crippen molar-refractivity contribution in [3.63, 3.8) is 0 Å². The quantitative estimate of drug-likeness (QED) is 0.195. The lowest BCUT2D eigenvalue weighted by Crippen LogP contribution is -2.28. The van der Waals surface area contributed by atoms with E-state index in [-0.39, 0.29) is 18.8 Å². The summed E-state index contributed by atoms with van der Waals surface area (Å²) < 4.78 is 23.8. The fourth-order valence-electron chi connectivity index (χ4n) is 4.51. The number of aromatic nitrogens is 2. The molecule has 0 amide bonds. The van der Waals surface area contributed by atoms with Crippen molar-refractivity contribution in [2.45, 2.75) is 58.3 Å². The molecule has 2 aromatic carbocycles. The second kappa shape index (κ2) is 10.8. The molecule has 0 saturated carbocycles. The molecule has 0 unspecified atom stereocenters. The fourth-order valence-corrected chi connectivity index (χ4v) is 4.51. The molecule has 0 fully saturated rings. The molecule has 0 spiro atoms. The maximum absolute atomic E-state index is 12.0. The van der Waals surface area contributed by atoms with E-state index in [1.165, 1.54) is 11.9 Å². The van der Waals surface area contributed by atoms with Gasteiger partial charge in [-0.3, -0.25) is 0 Å². The first kappa shape index (κ1) is 25.7. The molecular weight excluding hydrogens is 480 g/mol. The number of hydrogen-bond acceptors (Lipinski definition) is 7. The smallest absolute Gasteiger partial charge is 0.332 e. The van der Waals surface area contributed by atoms with Crippen LogP contribution in [-0.4, -0.2) is 40.4 Å². The molecule has 0 aliphatic heterocycles. The van der Waals surface area contributed by atoms with Crippen LogP contribution in [0.15, 0.2) is 77.5 Å². The second-order valence-electron chi connectivity index (χ2n) is 10.3. The van der Waals surface area contributed by atoms with Gasteiger partial charge < -0.3 is 18.6 Å². The highest BCUT2D eigenvalue weighted by atomic mass is 16.6. The topological polar surface area (TPSA) is 83.7 Å². The van der Waals surface area contributed by atoms with Crippen molar-refractivity contribution < 1.29 is 23.4 Å². The Morgan fingerprint density at radius 2 is 1.71 bits per heavy atom. The summed E-state index contributed by atoms with van der Waals surface area (Å²) in [6.45, 7) is 7.52. The average Bonchev–Trinajstić information content (AvgIpc) is 3.52. The van der Waals surface area contributed by atoms with Crippen LogP contribution in [0.4, 0.5) is 0 Å². The highest BCUT2D eigenvalue weighted by Gasteiger charge is 2.27. The van der Waals surface area contributed by atoms with Crippen LogP contribution in [0.25, 0.3) is 33.6 Å². The molecule has 0 radical (unpaired) electrons. The van der Waals surface area contributed by atoms with Gasteiger partial charge in [0.15, 0.2) is 0 Å². The standard InChI is InChI=1S/C31H32N2O5/c1-5-20-11-13-21(14-12-20)26-27-29(32-19-33-30(27)37-28(26)22-9-7-6-8-10-22)36-24-16-15-23(17-24)35-18-25(34)38-31(2,3)4/h6-16,19,23-24H,5,17-18H2,1-4H3/t23-,24+/m1/s1. The van der Waals surface area contributed by atoms with Crippen molar-refractivity contribution in [1.82, 2.24) is 9.97 Å². The number of ether oxygens (including phenoxy) is 3. The highest BCUT2D eigenvalue weighted by molar-refractivity contribution is 6.03. The maximum Gasteiger partial charge on any atom is 0.332 e. The SMILES string of the molecule is CCc1ccc(-c2c(-c3ccccc3)oc3ncnc(O[C@H]4C=C[C@@H](OCC(=O)OC(C)(C)C)C4)c23)cc1. The van der Waals surface area contributed by atoms with Crippen molar-refractivity contribution in [2.24, 2.45) is 0 Å². The van der Waals surface area contributed by atoms with Crippen molar-refractivity contribution in [2.75, 3.05) is 6.61 Å². The van der Waals surface area contributed by atoms with E-state index < -0.39 is 11.6 Å². The lowest BCUT2D eigenvalue weighted by atomic mass is 9.98. The number of carbonyl (C=O) groups is 1. The first-order valence-electron chi connectivity index (χ1n) is 12.9. The molecule has 1 aliphatic rings. The normalized spacial score (nSPS) is 17.2. The fraction of sp³-hybridized carbons (Fsp3) is 0.323. The molecule has 1 aliphatic carbocycles. The number of rotatable bonds is 8. The number of furan rings is 1. The molecule has 5 rings (SSSR count). The first-order valence-corrected chi connectivity index (χ1v) is 12.9. The molecular formula is C31H32N2O5. The average molecular weight is 513 g/mol. The molecule has 196 valence electrons. The van der Waals surface area contributed by atoms with Crippen molar-refractivity contribution in [3.8, 4) is 28.3 Å². The number of aryl methyl sites for hydroxylation is 1. The van der Waals surface area contributed by atoms with Crippen LogP contribution in [0.2, 0.25) is 0 Å². The molecule has 2 atom stereocenters. The van der Waals surface area contributed by atoms with Crippen molar-refractivity contribution >= 4 is 17.1 Å². The number of benzene rings is 2. The van der Waals surface area contributed by atoms with Crippen LogP contribution in [0.5, 0.6) is 5.88 Å². The van der Waals surface area contributed by atoms with Gasteiger partial charge in [-0.15, -0.1) is 0 Å². The van der Waals surface area contributed by atoms with E-state index in [0.29, 0.717) is 18.0 Å². The van der Waals surface area contributed by atoms with Crippen LogP contribution in [0.3, 0.4) is 0 Å². The summed E-state index contributed by atoms with van der Waals surface area (Å²) in [6.07, 6.45) is 6.27. The zero-order chi connectivity index (χ0) is 26.7. The summed E-state index contributed by atoms with van der Waals surface area (Å²) in [6, 6.07) is 18.4. The van der Waals surface area contributed by atoms with Crippen LogP contribution < -0.4 is 4.74 Å². The summed E-state index contributed by atoms with van der Waals surface area (Å²) >= 11 is 0. The summed E-state index contributed by atoms with van der Waals surface area (Å²) in [5, 5.41) is 0.724. The van der Waals surface area contributed by atoms with Gasteiger partial charge in [0.2, 0.25) is 11.6 Å². The third-order valence-electron chi connectivity index (χ3n) is 6.24. The minimum absolute atomic E-state index is 0.114. The molecule has 7 nitrogen and oxygen atoms in total. The molecule has 7 heteroatoms. The highest BCUT2D eigenvalue weighted by Crippen LogP contribution is 2.43. The largest absolute Gasteiger partial charge is 0.469 e. The van der Waals surface area contributed by atoms with Crippen LogP contribution >= 0.6 is 0 Å². The Morgan fingerprint density at radius 1 is 0.974 bits per heavy atom. The molecule has 38 heavy (non-hydrogen) atoms. The van der Waals surface area contributed by atoms with Gasteiger partial charge in [0, 0.05) is 17.5 Å². The number of carbonyl (C=O) groups excluding carboxylic acids is 1. The molecule has 2 aromatic heterocycles. The third kappa shape index (κ3) is 5.78. The van der Waals surface area contributed by atoms with E-state index >= 15 is 0 Å². The number of fused-ring (bicyclic) bond motifs is 1. The molecule has 0 bridgehead atoms. The van der Waals surface area contributed by atoms with E-state index in [9.17, 15) is 4.79 Å². The zero-order valence-corrected chi connectivity index (χ0v) is 22.1. The zero-order valence-electron chi connectivity index (χ0n) is 22.1.